The molecule has 0 unspecified atom stereocenters. The molecule has 0 N–H and O–H groups in total. The van der Waals surface area contributed by atoms with Crippen LogP contribution in [0.1, 0.15) is 29.3 Å². The standard InChI is InChI=1S/C22H22N2O3/c25-22(12-11-17-7-3-1-4-8-17)24-14-13-19-20(15-24)27-21(23-19)16-26-18-9-5-2-6-10-18/h1-10H,11-16H2. The quantitative estimate of drug-likeness (QED) is 0.670. The van der Waals surface area contributed by atoms with Gasteiger partial charge in [0.25, 0.3) is 0 Å². The van der Waals surface area contributed by atoms with Crippen molar-refractivity contribution in [1.82, 2.24) is 9.88 Å². The Bertz CT molecular complexity index is 890. The molecule has 5 nitrogen and oxygen atoms in total. The van der Waals surface area contributed by atoms with Gasteiger partial charge in [0.2, 0.25) is 11.8 Å². The van der Waals surface area contributed by atoms with Gasteiger partial charge in [-0.15, -0.1) is 0 Å². The number of aryl methyl sites for hydroxylation is 1. The molecular weight excluding hydrogens is 340 g/mol. The Labute approximate surface area is 158 Å². The average Bonchev–Trinajstić information content (AvgIpc) is 3.14. The first-order valence-corrected chi connectivity index (χ1v) is 9.25. The fraction of sp³-hybridized carbons (Fsp3) is 0.273. The molecule has 0 saturated carbocycles. The molecule has 1 aromatic heterocycles. The first-order valence-electron chi connectivity index (χ1n) is 9.25. The lowest BCUT2D eigenvalue weighted by molar-refractivity contribution is -0.132. The minimum Gasteiger partial charge on any atom is -0.484 e. The summed E-state index contributed by atoms with van der Waals surface area (Å²) in [5.41, 5.74) is 2.12. The molecule has 2 aromatic carbocycles. The highest BCUT2D eigenvalue weighted by Crippen LogP contribution is 2.22. The highest BCUT2D eigenvalue weighted by Gasteiger charge is 2.25. The zero-order valence-corrected chi connectivity index (χ0v) is 15.1. The second-order valence-corrected chi connectivity index (χ2v) is 6.63. The summed E-state index contributed by atoms with van der Waals surface area (Å²) in [6.07, 6.45) is 1.99. The summed E-state index contributed by atoms with van der Waals surface area (Å²) >= 11 is 0. The Balaban J connectivity index is 1.32. The predicted octanol–water partition coefficient (Wildman–Crippen LogP) is 3.77. The Morgan fingerprint density at radius 1 is 1.07 bits per heavy atom. The van der Waals surface area contributed by atoms with E-state index in [1.54, 1.807) is 0 Å². The molecule has 0 atom stereocenters. The molecule has 0 saturated heterocycles. The summed E-state index contributed by atoms with van der Waals surface area (Å²) in [5, 5.41) is 0. The number of rotatable bonds is 6. The molecule has 1 amide bonds. The SMILES string of the molecule is O=C(CCc1ccccc1)N1CCc2nc(COc3ccccc3)oc2C1. The second-order valence-electron chi connectivity index (χ2n) is 6.63. The molecule has 0 bridgehead atoms. The maximum atomic E-state index is 12.5. The smallest absolute Gasteiger partial charge is 0.232 e. The van der Waals surface area contributed by atoms with Crippen molar-refractivity contribution in [2.75, 3.05) is 6.54 Å². The van der Waals surface area contributed by atoms with E-state index in [1.807, 2.05) is 53.4 Å². The van der Waals surface area contributed by atoms with Crippen molar-refractivity contribution in [3.05, 3.63) is 83.6 Å². The number of amides is 1. The molecule has 27 heavy (non-hydrogen) atoms. The fourth-order valence-corrected chi connectivity index (χ4v) is 3.24. The molecule has 0 fully saturated rings. The number of benzene rings is 2. The minimum atomic E-state index is 0.156. The van der Waals surface area contributed by atoms with Crippen molar-refractivity contribution in [2.24, 2.45) is 0 Å². The highest BCUT2D eigenvalue weighted by molar-refractivity contribution is 5.76. The van der Waals surface area contributed by atoms with Crippen molar-refractivity contribution in [3.8, 4) is 5.75 Å². The number of hydrogen-bond acceptors (Lipinski definition) is 4. The zero-order valence-electron chi connectivity index (χ0n) is 15.1. The third kappa shape index (κ3) is 4.37. The van der Waals surface area contributed by atoms with Crippen molar-refractivity contribution >= 4 is 5.91 Å². The Kier molecular flexibility index (Phi) is 5.19. The van der Waals surface area contributed by atoms with Gasteiger partial charge in [-0.25, -0.2) is 4.98 Å². The van der Waals surface area contributed by atoms with Gasteiger partial charge in [0.15, 0.2) is 6.61 Å². The van der Waals surface area contributed by atoms with Crippen LogP contribution in [0.5, 0.6) is 5.75 Å². The molecule has 4 rings (SSSR count). The third-order valence-corrected chi connectivity index (χ3v) is 4.70. The number of para-hydroxylation sites is 1. The van der Waals surface area contributed by atoms with Gasteiger partial charge in [-0.2, -0.15) is 0 Å². The summed E-state index contributed by atoms with van der Waals surface area (Å²) in [5.74, 6) is 2.28. The maximum absolute atomic E-state index is 12.5. The third-order valence-electron chi connectivity index (χ3n) is 4.70. The second kappa shape index (κ2) is 8.08. The molecule has 1 aliphatic heterocycles. The van der Waals surface area contributed by atoms with E-state index in [-0.39, 0.29) is 5.91 Å². The minimum absolute atomic E-state index is 0.156. The van der Waals surface area contributed by atoms with Crippen LogP contribution < -0.4 is 4.74 Å². The first kappa shape index (κ1) is 17.3. The molecule has 0 aliphatic carbocycles. The molecule has 5 heteroatoms. The van der Waals surface area contributed by atoms with Crippen LogP contribution in [0.4, 0.5) is 0 Å². The Morgan fingerprint density at radius 2 is 1.81 bits per heavy atom. The molecule has 138 valence electrons. The van der Waals surface area contributed by atoms with Gasteiger partial charge >= 0.3 is 0 Å². The summed E-state index contributed by atoms with van der Waals surface area (Å²) < 4.78 is 11.5. The molecule has 3 aromatic rings. The lowest BCUT2D eigenvalue weighted by atomic mass is 10.1. The van der Waals surface area contributed by atoms with Gasteiger partial charge in [-0.05, 0) is 24.1 Å². The normalized spacial score (nSPS) is 13.3. The van der Waals surface area contributed by atoms with E-state index < -0.39 is 0 Å². The van der Waals surface area contributed by atoms with Crippen molar-refractivity contribution in [3.63, 3.8) is 0 Å². The number of aromatic nitrogens is 1. The molecule has 0 radical (unpaired) electrons. The van der Waals surface area contributed by atoms with E-state index in [1.165, 1.54) is 5.56 Å². The van der Waals surface area contributed by atoms with E-state index >= 15 is 0 Å². The average molecular weight is 362 g/mol. The number of carbonyl (C=O) groups excluding carboxylic acids is 1. The van der Waals surface area contributed by atoms with E-state index in [4.69, 9.17) is 9.15 Å². The van der Waals surface area contributed by atoms with Gasteiger partial charge in [0.05, 0.1) is 12.2 Å². The van der Waals surface area contributed by atoms with Crippen LogP contribution in [0.3, 0.4) is 0 Å². The van der Waals surface area contributed by atoms with Crippen LogP contribution in [-0.2, 0) is 30.8 Å². The maximum Gasteiger partial charge on any atom is 0.232 e. The van der Waals surface area contributed by atoms with Gasteiger partial charge in [0, 0.05) is 19.4 Å². The summed E-state index contributed by atoms with van der Waals surface area (Å²) in [7, 11) is 0. The van der Waals surface area contributed by atoms with Crippen LogP contribution >= 0.6 is 0 Å². The molecule has 0 spiro atoms. The number of nitrogens with zero attached hydrogens (tertiary/aromatic N) is 2. The number of fused-ring (bicyclic) bond motifs is 1. The van der Waals surface area contributed by atoms with Gasteiger partial charge in [-0.3, -0.25) is 4.79 Å². The largest absolute Gasteiger partial charge is 0.484 e. The first-order chi connectivity index (χ1) is 13.3. The van der Waals surface area contributed by atoms with Crippen molar-refractivity contribution in [1.29, 1.82) is 0 Å². The summed E-state index contributed by atoms with van der Waals surface area (Å²) in [6.45, 7) is 1.46. The highest BCUT2D eigenvalue weighted by atomic mass is 16.5. The lowest BCUT2D eigenvalue weighted by Gasteiger charge is -2.25. The van der Waals surface area contributed by atoms with Gasteiger partial charge in [-0.1, -0.05) is 48.5 Å². The van der Waals surface area contributed by atoms with Crippen LogP contribution in [-0.4, -0.2) is 22.3 Å². The van der Waals surface area contributed by atoms with Crippen LogP contribution in [0.25, 0.3) is 0 Å². The summed E-state index contributed by atoms with van der Waals surface area (Å²) in [4.78, 5) is 18.9. The number of oxazole rings is 1. The molecular formula is C22H22N2O3. The van der Waals surface area contributed by atoms with E-state index in [2.05, 4.69) is 17.1 Å². The van der Waals surface area contributed by atoms with Crippen LogP contribution in [0, 0.1) is 0 Å². The van der Waals surface area contributed by atoms with Crippen molar-refractivity contribution in [2.45, 2.75) is 32.4 Å². The monoisotopic (exact) mass is 362 g/mol. The van der Waals surface area contributed by atoms with E-state index in [9.17, 15) is 4.79 Å². The summed E-state index contributed by atoms with van der Waals surface area (Å²) in [6, 6.07) is 19.7. The molecule has 1 aliphatic rings. The van der Waals surface area contributed by atoms with Crippen LogP contribution in [0.15, 0.2) is 65.1 Å². The molecule has 2 heterocycles. The van der Waals surface area contributed by atoms with Crippen molar-refractivity contribution < 1.29 is 13.9 Å². The van der Waals surface area contributed by atoms with Gasteiger partial charge in [0.1, 0.15) is 11.5 Å². The van der Waals surface area contributed by atoms with Gasteiger partial charge < -0.3 is 14.1 Å². The van der Waals surface area contributed by atoms with E-state index in [0.29, 0.717) is 32.0 Å². The Morgan fingerprint density at radius 3 is 2.59 bits per heavy atom. The number of ether oxygens (including phenoxy) is 1. The fourth-order valence-electron chi connectivity index (χ4n) is 3.24. The Hall–Kier alpha value is -3.08. The van der Waals surface area contributed by atoms with E-state index in [0.717, 1.165) is 30.0 Å². The van der Waals surface area contributed by atoms with Crippen LogP contribution in [0.2, 0.25) is 0 Å². The number of hydrogen-bond donors (Lipinski definition) is 0. The zero-order chi connectivity index (χ0) is 18.5. The topological polar surface area (TPSA) is 55.6 Å². The number of carbonyl (C=O) groups is 1. The lowest BCUT2D eigenvalue weighted by Crippen LogP contribution is -2.35. The predicted molar refractivity (Wildman–Crippen MR) is 101 cm³/mol.